The lowest BCUT2D eigenvalue weighted by Crippen LogP contribution is -2.38. The monoisotopic (exact) mass is 557 g/mol. The smallest absolute Gasteiger partial charge is 0.268 e. The van der Waals surface area contributed by atoms with Gasteiger partial charge in [0.1, 0.15) is 22.9 Å². The lowest BCUT2D eigenvalue weighted by Gasteiger charge is -2.25. The van der Waals surface area contributed by atoms with E-state index >= 15 is 0 Å². The van der Waals surface area contributed by atoms with Crippen molar-refractivity contribution in [1.82, 2.24) is 4.57 Å². The Morgan fingerprint density at radius 3 is 2.40 bits per heavy atom. The first-order chi connectivity index (χ1) is 19.3. The Morgan fingerprint density at radius 2 is 1.65 bits per heavy atom. The molecule has 8 nitrogen and oxygen atoms in total. The van der Waals surface area contributed by atoms with Crippen molar-refractivity contribution in [3.8, 4) is 11.5 Å². The van der Waals surface area contributed by atoms with Crippen LogP contribution in [0.1, 0.15) is 12.5 Å². The average Bonchev–Trinajstić information content (AvgIpc) is 3.28. The number of carbonyl (C=O) groups excluding carboxylic acids is 1. The summed E-state index contributed by atoms with van der Waals surface area (Å²) in [6.45, 7) is 4.25. The minimum Gasteiger partial charge on any atom is -0.497 e. The molecule has 0 aliphatic carbocycles. The molecular weight excluding hydrogens is 526 g/mol. The number of methoxy groups -OCH3 is 2. The normalized spacial score (nSPS) is 11.5. The lowest BCUT2D eigenvalue weighted by molar-refractivity contribution is -0.114. The van der Waals surface area contributed by atoms with Crippen LogP contribution in [0.25, 0.3) is 21.8 Å². The number of nitrogens with one attached hydrogen (secondary N) is 1. The first-order valence-electron chi connectivity index (χ1n) is 12.9. The summed E-state index contributed by atoms with van der Waals surface area (Å²) in [5, 5.41) is 5.00. The molecule has 5 rings (SSSR count). The zero-order valence-electron chi connectivity index (χ0n) is 22.8. The average molecular weight is 558 g/mol. The third-order valence-corrected chi connectivity index (χ3v) is 8.68. The zero-order chi connectivity index (χ0) is 28.4. The van der Waals surface area contributed by atoms with Crippen LogP contribution in [-0.4, -0.2) is 39.7 Å². The SMILES string of the molecule is CCn1c2ccccc2c2cc(NC(=O)CN(c3cccc(OC)c3)S(=O)(=O)c3cc(C)ccc3OC)ccc21. The molecule has 206 valence electrons. The number of sulfonamides is 1. The molecule has 0 aliphatic rings. The summed E-state index contributed by atoms with van der Waals surface area (Å²) in [7, 11) is -1.29. The Kier molecular flexibility index (Phi) is 7.40. The van der Waals surface area contributed by atoms with Crippen molar-refractivity contribution in [1.29, 1.82) is 0 Å². The van der Waals surface area contributed by atoms with Crippen LogP contribution >= 0.6 is 0 Å². The van der Waals surface area contributed by atoms with E-state index in [0.29, 0.717) is 17.1 Å². The maximum absolute atomic E-state index is 14.0. The summed E-state index contributed by atoms with van der Waals surface area (Å²) >= 11 is 0. The fraction of sp³-hybridized carbons (Fsp3) is 0.194. The minimum atomic E-state index is -4.21. The summed E-state index contributed by atoms with van der Waals surface area (Å²) in [5.41, 5.74) is 3.79. The van der Waals surface area contributed by atoms with E-state index < -0.39 is 22.5 Å². The van der Waals surface area contributed by atoms with Crippen LogP contribution in [0, 0.1) is 6.92 Å². The number of nitrogens with zero attached hydrogens (tertiary/aromatic N) is 2. The summed E-state index contributed by atoms with van der Waals surface area (Å²) in [5.74, 6) is 0.167. The number of carbonyl (C=O) groups is 1. The maximum atomic E-state index is 14.0. The summed E-state index contributed by atoms with van der Waals surface area (Å²) in [6, 6.07) is 25.4. The number of fused-ring (bicyclic) bond motifs is 3. The molecule has 0 atom stereocenters. The Labute approximate surface area is 233 Å². The molecule has 9 heteroatoms. The third-order valence-electron chi connectivity index (χ3n) is 6.89. The van der Waals surface area contributed by atoms with E-state index in [1.165, 1.54) is 20.3 Å². The predicted molar refractivity (Wildman–Crippen MR) is 159 cm³/mol. The van der Waals surface area contributed by atoms with Crippen LogP contribution in [0.2, 0.25) is 0 Å². The summed E-state index contributed by atoms with van der Waals surface area (Å²) in [6.07, 6.45) is 0. The van der Waals surface area contributed by atoms with Gasteiger partial charge in [-0.2, -0.15) is 0 Å². The van der Waals surface area contributed by atoms with Gasteiger partial charge in [-0.25, -0.2) is 8.42 Å². The van der Waals surface area contributed by atoms with Gasteiger partial charge in [-0.15, -0.1) is 0 Å². The highest BCUT2D eigenvalue weighted by Gasteiger charge is 2.30. The van der Waals surface area contributed by atoms with E-state index in [9.17, 15) is 13.2 Å². The molecule has 1 heterocycles. The predicted octanol–water partition coefficient (Wildman–Crippen LogP) is 5.97. The second-order valence-corrected chi connectivity index (χ2v) is 11.2. The van der Waals surface area contributed by atoms with Crippen molar-refractivity contribution < 1.29 is 22.7 Å². The molecule has 4 aromatic carbocycles. The van der Waals surface area contributed by atoms with Gasteiger partial charge in [0.05, 0.1) is 19.9 Å². The number of amides is 1. The van der Waals surface area contributed by atoms with E-state index in [-0.39, 0.29) is 10.6 Å². The standard InChI is InChI=1S/C31H31N3O5S/c1-5-33-27-12-7-6-11-25(27)26-18-22(14-15-28(26)33)32-31(35)20-34(23-9-8-10-24(19-23)38-3)40(36,37)30-17-21(2)13-16-29(30)39-4/h6-19H,5,20H2,1-4H3,(H,32,35). The number of hydrogen-bond donors (Lipinski definition) is 1. The molecule has 0 saturated carbocycles. The summed E-state index contributed by atoms with van der Waals surface area (Å²) < 4.78 is 42.1. The molecule has 1 aromatic heterocycles. The molecule has 0 fully saturated rings. The van der Waals surface area contributed by atoms with Crippen molar-refractivity contribution >= 4 is 49.1 Å². The second-order valence-electron chi connectivity index (χ2n) is 9.41. The van der Waals surface area contributed by atoms with E-state index in [1.54, 1.807) is 43.3 Å². The van der Waals surface area contributed by atoms with Gasteiger partial charge in [-0.05, 0) is 67.9 Å². The van der Waals surface area contributed by atoms with Gasteiger partial charge in [-0.3, -0.25) is 9.10 Å². The molecule has 40 heavy (non-hydrogen) atoms. The molecule has 1 N–H and O–H groups in total. The second kappa shape index (κ2) is 10.9. The number of hydrogen-bond acceptors (Lipinski definition) is 5. The van der Waals surface area contributed by atoms with Gasteiger partial charge < -0.3 is 19.4 Å². The largest absolute Gasteiger partial charge is 0.497 e. The van der Waals surface area contributed by atoms with Crippen molar-refractivity contribution in [2.24, 2.45) is 0 Å². The number of rotatable bonds is 9. The van der Waals surface area contributed by atoms with Gasteiger partial charge in [-0.1, -0.05) is 30.3 Å². The van der Waals surface area contributed by atoms with Crippen molar-refractivity contribution in [2.45, 2.75) is 25.3 Å². The van der Waals surface area contributed by atoms with Gasteiger partial charge in [0.25, 0.3) is 10.0 Å². The molecule has 1 amide bonds. The number of benzene rings is 4. The van der Waals surface area contributed by atoms with E-state index in [1.807, 2.05) is 30.3 Å². The van der Waals surface area contributed by atoms with Crippen molar-refractivity contribution in [2.75, 3.05) is 30.4 Å². The molecule has 5 aromatic rings. The number of ether oxygens (including phenoxy) is 2. The Morgan fingerprint density at radius 1 is 0.875 bits per heavy atom. The molecule has 0 saturated heterocycles. The van der Waals surface area contributed by atoms with Gasteiger partial charge >= 0.3 is 0 Å². The van der Waals surface area contributed by atoms with E-state index in [2.05, 4.69) is 28.9 Å². The fourth-order valence-electron chi connectivity index (χ4n) is 4.99. The highest BCUT2D eigenvalue weighted by atomic mass is 32.2. The van der Waals surface area contributed by atoms with Gasteiger partial charge in [0, 0.05) is 40.1 Å². The van der Waals surface area contributed by atoms with Crippen LogP contribution in [0.5, 0.6) is 11.5 Å². The molecular formula is C31H31N3O5S. The molecule has 0 spiro atoms. The van der Waals surface area contributed by atoms with Crippen molar-refractivity contribution in [3.63, 3.8) is 0 Å². The van der Waals surface area contributed by atoms with E-state index in [0.717, 1.165) is 38.2 Å². The Hall–Kier alpha value is -4.50. The fourth-order valence-corrected chi connectivity index (χ4v) is 6.64. The zero-order valence-corrected chi connectivity index (χ0v) is 23.7. The highest BCUT2D eigenvalue weighted by Crippen LogP contribution is 2.33. The third kappa shape index (κ3) is 4.96. The Balaban J connectivity index is 1.52. The quantitative estimate of drug-likeness (QED) is 0.241. The minimum absolute atomic E-state index is 0.0283. The van der Waals surface area contributed by atoms with Crippen LogP contribution in [0.4, 0.5) is 11.4 Å². The van der Waals surface area contributed by atoms with Gasteiger partial charge in [0.2, 0.25) is 5.91 Å². The maximum Gasteiger partial charge on any atom is 0.268 e. The van der Waals surface area contributed by atoms with Crippen molar-refractivity contribution in [3.05, 3.63) is 90.5 Å². The summed E-state index contributed by atoms with van der Waals surface area (Å²) in [4.78, 5) is 13.4. The van der Waals surface area contributed by atoms with Crippen LogP contribution < -0.4 is 19.1 Å². The topological polar surface area (TPSA) is 89.9 Å². The first kappa shape index (κ1) is 27.1. The molecule has 0 radical (unpaired) electrons. The first-order valence-corrected chi connectivity index (χ1v) is 14.3. The number of aryl methyl sites for hydroxylation is 2. The molecule has 0 aliphatic heterocycles. The molecule has 0 bridgehead atoms. The van der Waals surface area contributed by atoms with Crippen LogP contribution in [0.3, 0.4) is 0 Å². The van der Waals surface area contributed by atoms with Gasteiger partial charge in [0.15, 0.2) is 0 Å². The number of aromatic nitrogens is 1. The lowest BCUT2D eigenvalue weighted by atomic mass is 10.1. The Bertz CT molecular complexity index is 1830. The van der Waals surface area contributed by atoms with E-state index in [4.69, 9.17) is 9.47 Å². The van der Waals surface area contributed by atoms with Crippen LogP contribution in [-0.2, 0) is 21.4 Å². The number of para-hydroxylation sites is 1. The molecule has 0 unspecified atom stereocenters. The number of anilines is 2. The van der Waals surface area contributed by atoms with Crippen LogP contribution in [0.15, 0.2) is 89.8 Å². The highest BCUT2D eigenvalue weighted by molar-refractivity contribution is 7.93.